The molecule has 0 aliphatic heterocycles. The molecule has 1 aliphatic carbocycles. The minimum atomic E-state index is 0.606. The molecule has 0 bridgehead atoms. The fourth-order valence-electron chi connectivity index (χ4n) is 3.25. The fourth-order valence-corrected chi connectivity index (χ4v) is 3.91. The van der Waals surface area contributed by atoms with Gasteiger partial charge >= 0.3 is 0 Å². The van der Waals surface area contributed by atoms with Crippen LogP contribution in [0.25, 0.3) is 11.1 Å². The molecule has 0 saturated heterocycles. The molecule has 1 aliphatic rings. The lowest BCUT2D eigenvalue weighted by atomic mass is 9.93. The molecule has 0 heterocycles. The van der Waals surface area contributed by atoms with Crippen LogP contribution in [-0.4, -0.2) is 10.2 Å². The molecular weight excluding hydrogens is 282 g/mol. The van der Waals surface area contributed by atoms with Gasteiger partial charge in [-0.2, -0.15) is 0 Å². The highest BCUT2D eigenvalue weighted by atomic mass is 28.1. The van der Waals surface area contributed by atoms with Crippen molar-refractivity contribution < 1.29 is 0 Å². The summed E-state index contributed by atoms with van der Waals surface area (Å²) in [4.78, 5) is 0. The van der Waals surface area contributed by atoms with Gasteiger partial charge in [0.1, 0.15) is 0 Å². The summed E-state index contributed by atoms with van der Waals surface area (Å²) in [5.41, 5.74) is 14.7. The van der Waals surface area contributed by atoms with Crippen LogP contribution in [0.4, 0.5) is 0 Å². The number of rotatable bonds is 4. The first-order valence-corrected chi connectivity index (χ1v) is 9.14. The predicted molar refractivity (Wildman–Crippen MR) is 99.7 cm³/mol. The van der Waals surface area contributed by atoms with Crippen molar-refractivity contribution in [1.29, 1.82) is 0 Å². The summed E-state index contributed by atoms with van der Waals surface area (Å²) in [6.45, 7) is 2.95. The lowest BCUT2D eigenvalue weighted by molar-refractivity contribution is 1.07. The first kappa shape index (κ1) is 15.0. The number of benzene rings is 2. The molecule has 1 unspecified atom stereocenters. The molecule has 2 aromatic rings. The quantitative estimate of drug-likeness (QED) is 0.859. The molecule has 2 N–H and O–H groups in total. The average Bonchev–Trinajstić information content (AvgIpc) is 3.01. The van der Waals surface area contributed by atoms with Crippen LogP contribution in [0.1, 0.15) is 30.0 Å². The SMILES string of the molecule is CC([SiH3])C1=C(c2ccccc2)CC=C1c1ccc(CN)cc1. The third-order valence-electron chi connectivity index (χ3n) is 4.33. The van der Waals surface area contributed by atoms with Crippen molar-refractivity contribution in [3.63, 3.8) is 0 Å². The Labute approximate surface area is 136 Å². The Morgan fingerprint density at radius 1 is 1.00 bits per heavy atom. The Bertz CT molecular complexity index is 709. The third-order valence-corrected chi connectivity index (χ3v) is 4.90. The average molecular weight is 305 g/mol. The second-order valence-electron chi connectivity index (χ2n) is 6.14. The van der Waals surface area contributed by atoms with Crippen molar-refractivity contribution in [1.82, 2.24) is 0 Å². The fraction of sp³-hybridized carbons (Fsp3) is 0.200. The first-order valence-electron chi connectivity index (χ1n) is 7.99. The second kappa shape index (κ2) is 6.47. The van der Waals surface area contributed by atoms with E-state index in [1.54, 1.807) is 5.57 Å². The van der Waals surface area contributed by atoms with Gasteiger partial charge in [-0.3, -0.25) is 0 Å². The van der Waals surface area contributed by atoms with E-state index in [0.717, 1.165) is 6.42 Å². The maximum absolute atomic E-state index is 5.71. The molecule has 2 heteroatoms. The topological polar surface area (TPSA) is 26.0 Å². The first-order chi connectivity index (χ1) is 10.7. The van der Waals surface area contributed by atoms with E-state index in [-0.39, 0.29) is 0 Å². The van der Waals surface area contributed by atoms with E-state index < -0.39 is 0 Å². The van der Waals surface area contributed by atoms with Crippen LogP contribution >= 0.6 is 0 Å². The molecule has 1 nitrogen and oxygen atoms in total. The van der Waals surface area contributed by atoms with Crippen molar-refractivity contribution in [3.05, 3.63) is 82.9 Å². The lowest BCUT2D eigenvalue weighted by Gasteiger charge is -2.16. The zero-order valence-corrected chi connectivity index (χ0v) is 15.3. The minimum Gasteiger partial charge on any atom is -0.326 e. The van der Waals surface area contributed by atoms with Crippen molar-refractivity contribution in [3.8, 4) is 0 Å². The Morgan fingerprint density at radius 2 is 1.68 bits per heavy atom. The molecule has 0 aromatic heterocycles. The highest BCUT2D eigenvalue weighted by Gasteiger charge is 2.22. The summed E-state index contributed by atoms with van der Waals surface area (Å²) < 4.78 is 0. The Morgan fingerprint density at radius 3 is 2.27 bits per heavy atom. The van der Waals surface area contributed by atoms with Crippen LogP contribution in [0.3, 0.4) is 0 Å². The van der Waals surface area contributed by atoms with Gasteiger partial charge in [-0.1, -0.05) is 67.6 Å². The molecule has 22 heavy (non-hydrogen) atoms. The van der Waals surface area contributed by atoms with Gasteiger partial charge in [0.15, 0.2) is 0 Å². The molecule has 1 atom stereocenters. The summed E-state index contributed by atoms with van der Waals surface area (Å²) >= 11 is 0. The number of allylic oxidation sites excluding steroid dienone is 4. The summed E-state index contributed by atoms with van der Waals surface area (Å²) in [6.07, 6.45) is 3.43. The van der Waals surface area contributed by atoms with E-state index >= 15 is 0 Å². The van der Waals surface area contributed by atoms with Gasteiger partial charge in [0.2, 0.25) is 0 Å². The Hall–Kier alpha value is -1.90. The van der Waals surface area contributed by atoms with Crippen molar-refractivity contribution in [2.24, 2.45) is 5.73 Å². The van der Waals surface area contributed by atoms with E-state index in [9.17, 15) is 0 Å². The zero-order valence-electron chi connectivity index (χ0n) is 13.3. The van der Waals surface area contributed by atoms with Crippen LogP contribution in [0.5, 0.6) is 0 Å². The smallest absolute Gasteiger partial charge is 0.0178 e. The van der Waals surface area contributed by atoms with Gasteiger partial charge < -0.3 is 5.73 Å². The van der Waals surface area contributed by atoms with Crippen molar-refractivity contribution in [2.75, 3.05) is 0 Å². The maximum atomic E-state index is 5.71. The van der Waals surface area contributed by atoms with Crippen molar-refractivity contribution in [2.45, 2.75) is 25.4 Å². The van der Waals surface area contributed by atoms with E-state index in [4.69, 9.17) is 5.73 Å². The molecule has 0 spiro atoms. The molecule has 0 saturated carbocycles. The molecule has 0 radical (unpaired) electrons. The molecule has 112 valence electrons. The maximum Gasteiger partial charge on any atom is 0.0178 e. The molecule has 0 fully saturated rings. The van der Waals surface area contributed by atoms with Gasteiger partial charge in [-0.05, 0) is 45.4 Å². The van der Waals surface area contributed by atoms with Crippen LogP contribution < -0.4 is 5.73 Å². The van der Waals surface area contributed by atoms with E-state index in [1.165, 1.54) is 38.1 Å². The Kier molecular flexibility index (Phi) is 4.41. The molecular formula is C20H23NSi. The molecule has 2 aromatic carbocycles. The molecule has 3 rings (SSSR count). The minimum absolute atomic E-state index is 0.606. The highest BCUT2D eigenvalue weighted by molar-refractivity contribution is 6.17. The standard InChI is InChI=1S/C20H23NSi/c1-14(22)20-18(16-5-3-2-4-6-16)11-12-19(20)17-9-7-15(13-21)8-10-17/h2-10,12,14H,11,13,21H2,1,22H3. The van der Waals surface area contributed by atoms with Crippen LogP contribution in [0, 0.1) is 0 Å². The second-order valence-corrected chi connectivity index (χ2v) is 7.87. The number of hydrogen-bond donors (Lipinski definition) is 1. The van der Waals surface area contributed by atoms with E-state index in [2.05, 4.69) is 67.6 Å². The van der Waals surface area contributed by atoms with Crippen molar-refractivity contribution >= 4 is 21.4 Å². The summed E-state index contributed by atoms with van der Waals surface area (Å²) in [5.74, 6) is 0. The normalized spacial score (nSPS) is 16.0. The highest BCUT2D eigenvalue weighted by Crippen LogP contribution is 2.43. The number of hydrogen-bond acceptors (Lipinski definition) is 1. The summed E-state index contributed by atoms with van der Waals surface area (Å²) in [7, 11) is 1.17. The van der Waals surface area contributed by atoms with Gasteiger partial charge in [0.05, 0.1) is 0 Å². The predicted octanol–water partition coefficient (Wildman–Crippen LogP) is 3.56. The number of nitrogens with two attached hydrogens (primary N) is 1. The van der Waals surface area contributed by atoms with E-state index in [0.29, 0.717) is 12.1 Å². The largest absolute Gasteiger partial charge is 0.326 e. The zero-order chi connectivity index (χ0) is 15.5. The lowest BCUT2D eigenvalue weighted by Crippen LogP contribution is -1.99. The summed E-state index contributed by atoms with van der Waals surface area (Å²) in [5, 5.41) is 0. The van der Waals surface area contributed by atoms with Gasteiger partial charge in [0.25, 0.3) is 0 Å². The monoisotopic (exact) mass is 305 g/mol. The summed E-state index contributed by atoms with van der Waals surface area (Å²) in [6, 6.07) is 19.5. The van der Waals surface area contributed by atoms with E-state index in [1.807, 2.05) is 0 Å². The molecule has 0 amide bonds. The third kappa shape index (κ3) is 2.85. The van der Waals surface area contributed by atoms with Crippen LogP contribution in [-0.2, 0) is 6.54 Å². The van der Waals surface area contributed by atoms with Gasteiger partial charge in [-0.15, -0.1) is 0 Å². The van der Waals surface area contributed by atoms with Gasteiger partial charge in [-0.25, -0.2) is 0 Å². The van der Waals surface area contributed by atoms with Crippen LogP contribution in [0.15, 0.2) is 66.2 Å². The van der Waals surface area contributed by atoms with Crippen LogP contribution in [0.2, 0.25) is 5.54 Å². The van der Waals surface area contributed by atoms with Gasteiger partial charge in [0, 0.05) is 16.8 Å². The Balaban J connectivity index is 2.03.